The lowest BCUT2D eigenvalue weighted by atomic mass is 10.1. The van der Waals surface area contributed by atoms with E-state index in [9.17, 15) is 15.2 Å². The number of benzene rings is 2. The zero-order valence-corrected chi connectivity index (χ0v) is 16.8. The van der Waals surface area contributed by atoms with Crippen molar-refractivity contribution in [1.29, 1.82) is 5.26 Å². The van der Waals surface area contributed by atoms with Crippen molar-refractivity contribution in [2.24, 2.45) is 0 Å². The molecule has 2 aromatic rings. The molecule has 0 unspecified atom stereocenters. The average molecular weight is 497 g/mol. The van der Waals surface area contributed by atoms with E-state index in [-0.39, 0.29) is 11.3 Å². The third-order valence-electron chi connectivity index (χ3n) is 3.36. The first-order chi connectivity index (χ1) is 11.3. The first-order valence-electron chi connectivity index (χ1n) is 7.00. The lowest BCUT2D eigenvalue weighted by Gasteiger charge is -2.09. The summed E-state index contributed by atoms with van der Waals surface area (Å²) in [5, 5.41) is 21.8. The molecular weight excluding hydrogens is 483 g/mol. The summed E-state index contributed by atoms with van der Waals surface area (Å²) in [6.07, 6.45) is 1.49. The van der Waals surface area contributed by atoms with Gasteiger partial charge < -0.3 is 10.4 Å². The van der Waals surface area contributed by atoms with Gasteiger partial charge in [-0.3, -0.25) is 4.79 Å². The number of amides is 1. The van der Waals surface area contributed by atoms with E-state index in [0.29, 0.717) is 19.3 Å². The fraction of sp³-hybridized carbons (Fsp3) is 0.111. The van der Waals surface area contributed by atoms with E-state index in [4.69, 9.17) is 0 Å². The first kappa shape index (κ1) is 18.5. The maximum Gasteiger partial charge on any atom is 0.266 e. The van der Waals surface area contributed by atoms with Crippen LogP contribution >= 0.6 is 38.5 Å². The van der Waals surface area contributed by atoms with Crippen molar-refractivity contribution in [1.82, 2.24) is 0 Å². The summed E-state index contributed by atoms with van der Waals surface area (Å²) in [5.74, 6) is -0.337. The summed E-state index contributed by atoms with van der Waals surface area (Å²) in [4.78, 5) is 12.4. The number of phenolic OH excluding ortho intramolecular Hbond substituents is 1. The van der Waals surface area contributed by atoms with E-state index in [1.165, 1.54) is 6.08 Å². The van der Waals surface area contributed by atoms with Crippen LogP contribution < -0.4 is 5.32 Å². The number of carbonyl (C=O) groups is 1. The van der Waals surface area contributed by atoms with Crippen molar-refractivity contribution in [3.05, 3.63) is 60.6 Å². The predicted molar refractivity (Wildman–Crippen MR) is 107 cm³/mol. The third-order valence-corrected chi connectivity index (χ3v) is 4.78. The van der Waals surface area contributed by atoms with Gasteiger partial charge in [0.25, 0.3) is 5.91 Å². The van der Waals surface area contributed by atoms with Crippen molar-refractivity contribution in [3.63, 3.8) is 0 Å². The molecule has 0 heterocycles. The Bertz CT molecular complexity index is 862. The number of hydrogen-bond acceptors (Lipinski definition) is 3. The highest BCUT2D eigenvalue weighted by atomic mass is 127. The van der Waals surface area contributed by atoms with E-state index in [1.54, 1.807) is 12.1 Å². The Morgan fingerprint density at radius 1 is 1.33 bits per heavy atom. The second kappa shape index (κ2) is 7.81. The first-order valence-corrected chi connectivity index (χ1v) is 8.87. The van der Waals surface area contributed by atoms with Crippen molar-refractivity contribution in [3.8, 4) is 11.8 Å². The fourth-order valence-electron chi connectivity index (χ4n) is 2.04. The topological polar surface area (TPSA) is 73.1 Å². The van der Waals surface area contributed by atoms with Gasteiger partial charge in [-0.1, -0.05) is 12.1 Å². The van der Waals surface area contributed by atoms with Crippen molar-refractivity contribution in [2.75, 3.05) is 5.32 Å². The molecule has 0 radical (unpaired) electrons. The second-order valence-electron chi connectivity index (χ2n) is 5.28. The summed E-state index contributed by atoms with van der Waals surface area (Å²) in [6.45, 7) is 3.83. The van der Waals surface area contributed by atoms with E-state index < -0.39 is 5.91 Å². The van der Waals surface area contributed by atoms with Gasteiger partial charge in [0, 0.05) is 5.69 Å². The molecule has 0 fully saturated rings. The quantitative estimate of drug-likeness (QED) is 0.360. The molecule has 0 aliphatic heterocycles. The molecule has 0 atom stereocenters. The average Bonchev–Trinajstić information content (AvgIpc) is 2.53. The molecule has 6 heteroatoms. The van der Waals surface area contributed by atoms with Gasteiger partial charge in [-0.05, 0) is 93.3 Å². The fourth-order valence-corrected chi connectivity index (χ4v) is 3.54. The number of nitrogens with one attached hydrogen (secondary N) is 1. The summed E-state index contributed by atoms with van der Waals surface area (Å²) in [7, 11) is 0. The Balaban J connectivity index is 2.32. The molecule has 0 saturated carbocycles. The lowest BCUT2D eigenvalue weighted by molar-refractivity contribution is -0.112. The molecule has 0 aromatic heterocycles. The molecule has 24 heavy (non-hydrogen) atoms. The number of carbonyl (C=O) groups excluding carboxylic acids is 1. The zero-order valence-electron chi connectivity index (χ0n) is 13.0. The Hall–Kier alpha value is -1.85. The Morgan fingerprint density at radius 3 is 2.67 bits per heavy atom. The van der Waals surface area contributed by atoms with Crippen LogP contribution in [0.15, 0.2) is 40.4 Å². The van der Waals surface area contributed by atoms with E-state index >= 15 is 0 Å². The van der Waals surface area contributed by atoms with Crippen LogP contribution in [0.1, 0.15) is 16.7 Å². The monoisotopic (exact) mass is 496 g/mol. The largest absolute Gasteiger partial charge is 0.506 e. The highest BCUT2D eigenvalue weighted by Crippen LogP contribution is 2.31. The van der Waals surface area contributed by atoms with Crippen LogP contribution in [0.3, 0.4) is 0 Å². The van der Waals surface area contributed by atoms with Crippen LogP contribution in [-0.2, 0) is 4.79 Å². The number of halogens is 2. The molecule has 122 valence electrons. The number of hydrogen-bond donors (Lipinski definition) is 2. The van der Waals surface area contributed by atoms with Crippen molar-refractivity contribution in [2.45, 2.75) is 13.8 Å². The normalized spacial score (nSPS) is 11.0. The molecule has 4 nitrogen and oxygen atoms in total. The SMILES string of the molecule is Cc1ccc(C)c(NC(=O)/C(C#N)=C/c2cc(Br)c(O)c(I)c2)c1. The number of aromatic hydroxyl groups is 1. The molecule has 0 aliphatic rings. The van der Waals surface area contributed by atoms with Gasteiger partial charge >= 0.3 is 0 Å². The van der Waals surface area contributed by atoms with Gasteiger partial charge in [0.2, 0.25) is 0 Å². The Morgan fingerprint density at radius 2 is 2.04 bits per heavy atom. The van der Waals surface area contributed by atoms with Crippen LogP contribution in [-0.4, -0.2) is 11.0 Å². The maximum atomic E-state index is 12.4. The van der Waals surface area contributed by atoms with E-state index in [1.807, 2.05) is 60.7 Å². The lowest BCUT2D eigenvalue weighted by Crippen LogP contribution is -2.14. The van der Waals surface area contributed by atoms with Crippen LogP contribution in [0.2, 0.25) is 0 Å². The van der Waals surface area contributed by atoms with Gasteiger partial charge in [-0.25, -0.2) is 0 Å². The maximum absolute atomic E-state index is 12.4. The molecular formula is C18H14BrIN2O2. The van der Waals surface area contributed by atoms with Crippen molar-refractivity contribution >= 4 is 56.2 Å². The minimum atomic E-state index is -0.467. The van der Waals surface area contributed by atoms with Crippen molar-refractivity contribution < 1.29 is 9.90 Å². The summed E-state index contributed by atoms with van der Waals surface area (Å²) >= 11 is 5.24. The molecule has 0 bridgehead atoms. The van der Waals surface area contributed by atoms with Gasteiger partial charge in [0.15, 0.2) is 0 Å². The summed E-state index contributed by atoms with van der Waals surface area (Å²) in [6, 6.07) is 11.0. The zero-order chi connectivity index (χ0) is 17.9. The minimum Gasteiger partial charge on any atom is -0.506 e. The third kappa shape index (κ3) is 4.36. The molecule has 2 N–H and O–H groups in total. The minimum absolute atomic E-state index is 0.00991. The molecule has 0 spiro atoms. The number of anilines is 1. The van der Waals surface area contributed by atoms with Gasteiger partial charge in [-0.2, -0.15) is 5.26 Å². The molecule has 0 aliphatic carbocycles. The molecule has 0 saturated heterocycles. The molecule has 2 aromatic carbocycles. The summed E-state index contributed by atoms with van der Waals surface area (Å²) < 4.78 is 1.13. The number of phenols is 1. The standard InChI is InChI=1S/C18H14BrIN2O2/c1-10-3-4-11(2)16(5-10)22-18(24)13(9-21)6-12-7-14(19)17(23)15(20)8-12/h3-8,23H,1-2H3,(H,22,24)/b13-6+. The van der Waals surface area contributed by atoms with Gasteiger partial charge in [-0.15, -0.1) is 0 Å². The highest BCUT2D eigenvalue weighted by molar-refractivity contribution is 14.1. The predicted octanol–water partition coefficient (Wildman–Crippen LogP) is 4.92. The van der Waals surface area contributed by atoms with E-state index in [2.05, 4.69) is 21.2 Å². The number of nitrogens with zero attached hydrogens (tertiary/aromatic N) is 1. The number of nitriles is 1. The van der Waals surface area contributed by atoms with Crippen LogP contribution in [0.4, 0.5) is 5.69 Å². The Kier molecular flexibility index (Phi) is 6.02. The van der Waals surface area contributed by atoms with E-state index in [0.717, 1.165) is 11.1 Å². The number of rotatable bonds is 3. The van der Waals surface area contributed by atoms with Crippen LogP contribution in [0.5, 0.6) is 5.75 Å². The number of aryl methyl sites for hydroxylation is 2. The highest BCUT2D eigenvalue weighted by Gasteiger charge is 2.12. The van der Waals surface area contributed by atoms with Crippen LogP contribution in [0, 0.1) is 28.7 Å². The Labute approximate surface area is 162 Å². The molecule has 1 amide bonds. The second-order valence-corrected chi connectivity index (χ2v) is 7.29. The van der Waals surface area contributed by atoms with Crippen LogP contribution in [0.25, 0.3) is 6.08 Å². The summed E-state index contributed by atoms with van der Waals surface area (Å²) in [5.41, 5.74) is 3.27. The smallest absolute Gasteiger partial charge is 0.266 e. The molecule has 2 rings (SSSR count). The van der Waals surface area contributed by atoms with Gasteiger partial charge in [0.1, 0.15) is 17.4 Å². The van der Waals surface area contributed by atoms with Gasteiger partial charge in [0.05, 0.1) is 8.04 Å².